The molecule has 0 aliphatic heterocycles. The third-order valence-corrected chi connectivity index (χ3v) is 4.43. The lowest BCUT2D eigenvalue weighted by atomic mass is 9.87. The standard InChI is InChI=1S/C16H21IN4O4/c1-15(2,3)10-8-19-12(9(7-18)11(10)17)21(16(4,5)6)20(13(22)23)14(24)25/h8H,1-6H3,(H,22,23)(H,24,25). The Balaban J connectivity index is 3.79. The normalized spacial score (nSPS) is 11.6. The van der Waals surface area contributed by atoms with E-state index in [2.05, 4.69) is 4.98 Å². The number of nitriles is 1. The highest BCUT2D eigenvalue weighted by Crippen LogP contribution is 2.35. The van der Waals surface area contributed by atoms with Crippen molar-refractivity contribution in [3.63, 3.8) is 0 Å². The second-order valence-corrected chi connectivity index (χ2v) is 8.48. The largest absolute Gasteiger partial charge is 0.463 e. The van der Waals surface area contributed by atoms with Crippen molar-refractivity contribution in [2.75, 3.05) is 5.01 Å². The van der Waals surface area contributed by atoms with Gasteiger partial charge in [0.25, 0.3) is 0 Å². The molecule has 9 heteroatoms. The van der Waals surface area contributed by atoms with Gasteiger partial charge in [-0.3, -0.25) is 0 Å². The summed E-state index contributed by atoms with van der Waals surface area (Å²) < 4.78 is 0.613. The van der Waals surface area contributed by atoms with Gasteiger partial charge in [0, 0.05) is 9.77 Å². The lowest BCUT2D eigenvalue weighted by Gasteiger charge is -2.40. The summed E-state index contributed by atoms with van der Waals surface area (Å²) in [7, 11) is 0. The van der Waals surface area contributed by atoms with Gasteiger partial charge in [0.05, 0.1) is 5.54 Å². The van der Waals surface area contributed by atoms with Crippen LogP contribution in [0.1, 0.15) is 52.7 Å². The van der Waals surface area contributed by atoms with Crippen LogP contribution in [-0.2, 0) is 5.41 Å². The van der Waals surface area contributed by atoms with Crippen molar-refractivity contribution >= 4 is 40.6 Å². The molecule has 0 fully saturated rings. The third kappa shape index (κ3) is 4.31. The number of rotatable bonds is 2. The summed E-state index contributed by atoms with van der Waals surface area (Å²) in [4.78, 5) is 27.3. The van der Waals surface area contributed by atoms with Crippen LogP contribution in [0.3, 0.4) is 0 Å². The van der Waals surface area contributed by atoms with E-state index in [0.29, 0.717) is 3.57 Å². The van der Waals surface area contributed by atoms with Crippen molar-refractivity contribution in [3.05, 3.63) is 20.9 Å². The van der Waals surface area contributed by atoms with Crippen LogP contribution in [0.25, 0.3) is 0 Å². The zero-order valence-electron chi connectivity index (χ0n) is 15.0. The predicted molar refractivity (Wildman–Crippen MR) is 100 cm³/mol. The van der Waals surface area contributed by atoms with Crippen LogP contribution in [-0.4, -0.2) is 37.9 Å². The Morgan fingerprint density at radius 1 is 1.16 bits per heavy atom. The van der Waals surface area contributed by atoms with E-state index in [1.54, 1.807) is 27.0 Å². The SMILES string of the molecule is CC(C)(C)c1cnc(N(N(C(=O)O)C(=O)O)C(C)(C)C)c(C#N)c1I. The Morgan fingerprint density at radius 3 is 1.96 bits per heavy atom. The van der Waals surface area contributed by atoms with Gasteiger partial charge in [-0.15, -0.1) is 5.01 Å². The Bertz CT molecular complexity index is 730. The second kappa shape index (κ2) is 7.03. The van der Waals surface area contributed by atoms with Crippen LogP contribution in [0.15, 0.2) is 6.20 Å². The van der Waals surface area contributed by atoms with Crippen molar-refractivity contribution in [1.82, 2.24) is 9.99 Å². The number of anilines is 1. The number of nitrogens with zero attached hydrogens (tertiary/aromatic N) is 4. The molecule has 1 aromatic heterocycles. The maximum Gasteiger partial charge on any atom is 0.436 e. The zero-order chi connectivity index (χ0) is 19.7. The van der Waals surface area contributed by atoms with Crippen LogP contribution >= 0.6 is 22.6 Å². The van der Waals surface area contributed by atoms with Gasteiger partial charge in [0.2, 0.25) is 0 Å². The number of carboxylic acid groups (broad SMARTS) is 2. The molecule has 2 amide bonds. The highest BCUT2D eigenvalue weighted by molar-refractivity contribution is 14.1. The van der Waals surface area contributed by atoms with Gasteiger partial charge in [0.1, 0.15) is 11.6 Å². The monoisotopic (exact) mass is 460 g/mol. The van der Waals surface area contributed by atoms with Gasteiger partial charge < -0.3 is 10.2 Å². The highest BCUT2D eigenvalue weighted by Gasteiger charge is 2.39. The molecule has 0 saturated heterocycles. The number of hydrazine groups is 1. The fraction of sp³-hybridized carbons (Fsp3) is 0.500. The summed E-state index contributed by atoms with van der Waals surface area (Å²) in [5.74, 6) is -0.0165. The van der Waals surface area contributed by atoms with Crippen LogP contribution in [0, 0.1) is 14.9 Å². The van der Waals surface area contributed by atoms with E-state index < -0.39 is 17.7 Å². The first kappa shape index (κ1) is 21.0. The van der Waals surface area contributed by atoms with Crippen LogP contribution in [0.4, 0.5) is 15.4 Å². The molecule has 1 rings (SSSR count). The topological polar surface area (TPSA) is 118 Å². The van der Waals surface area contributed by atoms with Gasteiger partial charge in [-0.05, 0) is 54.3 Å². The molecule has 0 spiro atoms. The molecule has 25 heavy (non-hydrogen) atoms. The maximum absolute atomic E-state index is 11.5. The molecule has 0 atom stereocenters. The number of pyridine rings is 1. The number of hydrogen-bond donors (Lipinski definition) is 2. The van der Waals surface area contributed by atoms with Crippen LogP contribution < -0.4 is 5.01 Å². The van der Waals surface area contributed by atoms with Gasteiger partial charge in [-0.2, -0.15) is 5.26 Å². The lowest BCUT2D eigenvalue weighted by Crippen LogP contribution is -2.58. The number of halogens is 1. The first-order valence-electron chi connectivity index (χ1n) is 7.38. The molecular formula is C16H21IN4O4. The van der Waals surface area contributed by atoms with E-state index in [0.717, 1.165) is 10.6 Å². The van der Waals surface area contributed by atoms with Crippen molar-refractivity contribution in [1.29, 1.82) is 5.26 Å². The number of hydrogen-bond acceptors (Lipinski definition) is 5. The summed E-state index contributed by atoms with van der Waals surface area (Å²) in [5, 5.41) is 29.5. The van der Waals surface area contributed by atoms with E-state index >= 15 is 0 Å². The first-order chi connectivity index (χ1) is 11.2. The number of amides is 2. The van der Waals surface area contributed by atoms with E-state index in [9.17, 15) is 25.1 Å². The lowest BCUT2D eigenvalue weighted by molar-refractivity contribution is 0.107. The summed E-state index contributed by atoms with van der Waals surface area (Å²) >= 11 is 2.01. The van der Waals surface area contributed by atoms with Crippen molar-refractivity contribution in [2.24, 2.45) is 0 Å². The molecule has 0 unspecified atom stereocenters. The predicted octanol–water partition coefficient (Wildman–Crippen LogP) is 4.03. The molecular weight excluding hydrogens is 439 g/mol. The average Bonchev–Trinajstić information content (AvgIpc) is 2.40. The molecule has 0 aromatic carbocycles. The van der Waals surface area contributed by atoms with Gasteiger partial charge in [-0.25, -0.2) is 19.6 Å². The fourth-order valence-electron chi connectivity index (χ4n) is 2.23. The van der Waals surface area contributed by atoms with Gasteiger partial charge in [-0.1, -0.05) is 20.8 Å². The van der Waals surface area contributed by atoms with E-state index in [1.165, 1.54) is 0 Å². The molecule has 0 saturated carbocycles. The number of aromatic nitrogens is 1. The molecule has 1 aromatic rings. The summed E-state index contributed by atoms with van der Waals surface area (Å²) in [6, 6.07) is 2.04. The quantitative estimate of drug-likeness (QED) is 0.505. The zero-order valence-corrected chi connectivity index (χ0v) is 17.1. The van der Waals surface area contributed by atoms with Gasteiger partial charge >= 0.3 is 12.2 Å². The number of imide groups is 1. The average molecular weight is 460 g/mol. The number of carbonyl (C=O) groups is 2. The summed E-state index contributed by atoms with van der Waals surface area (Å²) in [6.45, 7) is 10.8. The first-order valence-corrected chi connectivity index (χ1v) is 8.46. The Kier molecular flexibility index (Phi) is 5.89. The Labute approximate surface area is 160 Å². The molecule has 0 radical (unpaired) electrons. The molecule has 136 valence electrons. The highest BCUT2D eigenvalue weighted by atomic mass is 127. The van der Waals surface area contributed by atoms with Crippen LogP contribution in [0.5, 0.6) is 0 Å². The van der Waals surface area contributed by atoms with Crippen LogP contribution in [0.2, 0.25) is 0 Å². The second-order valence-electron chi connectivity index (χ2n) is 7.41. The van der Waals surface area contributed by atoms with Gasteiger partial charge in [0.15, 0.2) is 5.82 Å². The molecule has 8 nitrogen and oxygen atoms in total. The minimum atomic E-state index is -1.68. The minimum absolute atomic E-state index is 0.0165. The van der Waals surface area contributed by atoms with Crippen molar-refractivity contribution in [2.45, 2.75) is 52.5 Å². The Morgan fingerprint density at radius 2 is 1.64 bits per heavy atom. The Hall–Kier alpha value is -2.09. The molecule has 0 bridgehead atoms. The minimum Gasteiger partial charge on any atom is -0.463 e. The smallest absolute Gasteiger partial charge is 0.436 e. The molecule has 2 N–H and O–H groups in total. The molecule has 1 heterocycles. The van der Waals surface area contributed by atoms with Crippen molar-refractivity contribution in [3.8, 4) is 6.07 Å². The summed E-state index contributed by atoms with van der Waals surface area (Å²) in [6.07, 6.45) is -1.80. The fourth-order valence-corrected chi connectivity index (χ4v) is 3.54. The van der Waals surface area contributed by atoms with E-state index in [4.69, 9.17) is 0 Å². The molecule has 0 aliphatic carbocycles. The van der Waals surface area contributed by atoms with Crippen molar-refractivity contribution < 1.29 is 19.8 Å². The summed E-state index contributed by atoms with van der Waals surface area (Å²) in [5.41, 5.74) is -0.281. The molecule has 0 aliphatic rings. The van der Waals surface area contributed by atoms with E-state index in [-0.39, 0.29) is 21.8 Å². The van der Waals surface area contributed by atoms with E-state index in [1.807, 2.05) is 49.4 Å². The third-order valence-electron chi connectivity index (χ3n) is 3.31. The maximum atomic E-state index is 11.5.